The van der Waals surface area contributed by atoms with E-state index in [1.165, 1.54) is 6.33 Å². The Morgan fingerprint density at radius 3 is 2.47 bits per heavy atom. The molecular weight excluding hydrogens is 392 g/mol. The first kappa shape index (κ1) is 20.8. The number of carboxylic acid groups (broad SMARTS) is 2. The van der Waals surface area contributed by atoms with E-state index >= 15 is 0 Å². The zero-order valence-electron chi connectivity index (χ0n) is 15.8. The van der Waals surface area contributed by atoms with Gasteiger partial charge in [0.2, 0.25) is 0 Å². The molecule has 156 valence electrons. The second-order valence-corrected chi connectivity index (χ2v) is 6.76. The van der Waals surface area contributed by atoms with Crippen molar-refractivity contribution in [3.8, 4) is 0 Å². The predicted octanol–water partition coefficient (Wildman–Crippen LogP) is 1.08. The van der Waals surface area contributed by atoms with Gasteiger partial charge in [-0.2, -0.15) is 0 Å². The van der Waals surface area contributed by atoms with E-state index in [2.05, 4.69) is 20.3 Å². The highest BCUT2D eigenvalue weighted by atomic mass is 16.4. The molecule has 3 rings (SSSR count). The Morgan fingerprint density at radius 1 is 1.07 bits per heavy atom. The average Bonchev–Trinajstić information content (AvgIpc) is 3.14. The van der Waals surface area contributed by atoms with Crippen molar-refractivity contribution in [2.75, 3.05) is 0 Å². The SMILES string of the molecule is O=C(O)CC[C@H](NC(=O)c1ccc(CCc2c[nH]c3nc[nH]c(=O)c23)cc1)C(=O)O. The summed E-state index contributed by atoms with van der Waals surface area (Å²) >= 11 is 0. The molecule has 30 heavy (non-hydrogen) atoms. The van der Waals surface area contributed by atoms with Gasteiger partial charge in [0, 0.05) is 18.2 Å². The van der Waals surface area contributed by atoms with E-state index in [4.69, 9.17) is 10.2 Å². The predicted molar refractivity (Wildman–Crippen MR) is 106 cm³/mol. The number of fused-ring (bicyclic) bond motifs is 1. The maximum atomic E-state index is 12.3. The van der Waals surface area contributed by atoms with Crippen LogP contribution in [0.2, 0.25) is 0 Å². The number of nitrogens with one attached hydrogen (secondary N) is 3. The van der Waals surface area contributed by atoms with Gasteiger partial charge in [-0.25, -0.2) is 9.78 Å². The molecule has 0 unspecified atom stereocenters. The summed E-state index contributed by atoms with van der Waals surface area (Å²) in [5.74, 6) is -3.01. The van der Waals surface area contributed by atoms with Crippen LogP contribution >= 0.6 is 0 Å². The van der Waals surface area contributed by atoms with E-state index in [1.807, 2.05) is 0 Å². The number of carboxylic acids is 2. The topological polar surface area (TPSA) is 165 Å². The number of H-pyrrole nitrogens is 2. The molecule has 3 aromatic rings. The zero-order chi connectivity index (χ0) is 21.7. The van der Waals surface area contributed by atoms with E-state index in [-0.39, 0.29) is 24.0 Å². The number of carbonyl (C=O) groups is 3. The minimum absolute atomic E-state index is 0.201. The van der Waals surface area contributed by atoms with Crippen LogP contribution in [0.3, 0.4) is 0 Å². The first-order chi connectivity index (χ1) is 14.3. The van der Waals surface area contributed by atoms with Crippen molar-refractivity contribution < 1.29 is 24.6 Å². The number of amides is 1. The quantitative estimate of drug-likeness (QED) is 0.351. The summed E-state index contributed by atoms with van der Waals surface area (Å²) in [4.78, 5) is 55.7. The van der Waals surface area contributed by atoms with Gasteiger partial charge in [0.05, 0.1) is 11.7 Å². The van der Waals surface area contributed by atoms with Crippen LogP contribution in [0.1, 0.15) is 34.3 Å². The van der Waals surface area contributed by atoms with Crippen LogP contribution < -0.4 is 10.9 Å². The summed E-state index contributed by atoms with van der Waals surface area (Å²) in [6, 6.07) is 5.37. The summed E-state index contributed by atoms with van der Waals surface area (Å²) < 4.78 is 0. The number of aryl methyl sites for hydroxylation is 2. The average molecular weight is 412 g/mol. The molecule has 10 nitrogen and oxygen atoms in total. The lowest BCUT2D eigenvalue weighted by molar-refractivity contribution is -0.140. The van der Waals surface area contributed by atoms with Gasteiger partial charge in [0.15, 0.2) is 0 Å². The van der Waals surface area contributed by atoms with Crippen molar-refractivity contribution in [1.82, 2.24) is 20.3 Å². The molecule has 0 aliphatic rings. The highest BCUT2D eigenvalue weighted by molar-refractivity contribution is 5.96. The molecule has 0 aliphatic carbocycles. The minimum Gasteiger partial charge on any atom is -0.481 e. The van der Waals surface area contributed by atoms with E-state index in [0.29, 0.717) is 23.9 Å². The van der Waals surface area contributed by atoms with Gasteiger partial charge >= 0.3 is 11.9 Å². The summed E-state index contributed by atoms with van der Waals surface area (Å²) in [5, 5.41) is 20.7. The van der Waals surface area contributed by atoms with Gasteiger partial charge in [-0.05, 0) is 42.5 Å². The summed E-state index contributed by atoms with van der Waals surface area (Å²) in [5.41, 5.74) is 2.36. The van der Waals surface area contributed by atoms with E-state index in [9.17, 15) is 19.2 Å². The van der Waals surface area contributed by atoms with Gasteiger partial charge < -0.3 is 25.5 Å². The van der Waals surface area contributed by atoms with Gasteiger partial charge in [-0.3, -0.25) is 14.4 Å². The van der Waals surface area contributed by atoms with E-state index in [0.717, 1.165) is 11.1 Å². The van der Waals surface area contributed by atoms with Gasteiger partial charge in [-0.1, -0.05) is 12.1 Å². The fraction of sp³-hybridized carbons (Fsp3) is 0.250. The van der Waals surface area contributed by atoms with Crippen LogP contribution in [0.5, 0.6) is 0 Å². The van der Waals surface area contributed by atoms with Crippen LogP contribution in [0.4, 0.5) is 0 Å². The van der Waals surface area contributed by atoms with Crippen molar-refractivity contribution in [3.63, 3.8) is 0 Å². The third-order valence-electron chi connectivity index (χ3n) is 4.71. The minimum atomic E-state index is -1.29. The van der Waals surface area contributed by atoms with Crippen LogP contribution in [0.25, 0.3) is 11.0 Å². The van der Waals surface area contributed by atoms with Crippen LogP contribution in [0, 0.1) is 0 Å². The van der Waals surface area contributed by atoms with Crippen molar-refractivity contribution in [2.24, 2.45) is 0 Å². The Hall–Kier alpha value is -3.95. The molecule has 0 saturated heterocycles. The molecule has 1 atom stereocenters. The number of carbonyl (C=O) groups excluding carboxylic acids is 1. The molecule has 1 aromatic carbocycles. The first-order valence-corrected chi connectivity index (χ1v) is 9.23. The molecule has 0 radical (unpaired) electrons. The summed E-state index contributed by atoms with van der Waals surface area (Å²) in [7, 11) is 0. The van der Waals surface area contributed by atoms with Crippen LogP contribution in [0.15, 0.2) is 41.6 Å². The molecule has 2 aromatic heterocycles. The molecule has 0 spiro atoms. The first-order valence-electron chi connectivity index (χ1n) is 9.23. The maximum Gasteiger partial charge on any atom is 0.326 e. The van der Waals surface area contributed by atoms with Crippen molar-refractivity contribution in [3.05, 3.63) is 63.8 Å². The Morgan fingerprint density at radius 2 is 1.80 bits per heavy atom. The summed E-state index contributed by atoms with van der Waals surface area (Å²) in [6.45, 7) is 0. The molecule has 2 heterocycles. The smallest absolute Gasteiger partial charge is 0.326 e. The third-order valence-corrected chi connectivity index (χ3v) is 4.71. The number of aliphatic carboxylic acids is 2. The molecule has 0 bridgehead atoms. The Balaban J connectivity index is 1.62. The molecule has 10 heteroatoms. The lowest BCUT2D eigenvalue weighted by Crippen LogP contribution is -2.41. The molecule has 0 aliphatic heterocycles. The number of aromatic amines is 2. The van der Waals surface area contributed by atoms with Gasteiger partial charge in [0.1, 0.15) is 11.7 Å². The molecular formula is C20H20N4O6. The fourth-order valence-corrected chi connectivity index (χ4v) is 3.10. The standard InChI is InChI=1S/C20H20N4O6/c25-15(26)8-7-14(20(29)30)24-18(27)12-4-1-11(2-5-12)3-6-13-9-21-17-16(13)19(28)23-10-22-17/h1-2,4-5,9-10,14H,3,6-8H2,(H,24,27)(H,25,26)(H,29,30)(H2,21,22,23,28)/t14-/m0/s1. The normalized spacial score (nSPS) is 11.9. The Labute approximate surface area is 170 Å². The lowest BCUT2D eigenvalue weighted by atomic mass is 10.0. The zero-order valence-corrected chi connectivity index (χ0v) is 15.8. The van der Waals surface area contributed by atoms with Crippen molar-refractivity contribution in [1.29, 1.82) is 0 Å². The van der Waals surface area contributed by atoms with Gasteiger partial charge in [-0.15, -0.1) is 0 Å². The number of aromatic nitrogens is 3. The molecule has 0 saturated carbocycles. The number of rotatable bonds is 9. The Kier molecular flexibility index (Phi) is 6.26. The highest BCUT2D eigenvalue weighted by Gasteiger charge is 2.21. The number of nitrogens with zero attached hydrogens (tertiary/aromatic N) is 1. The number of hydrogen-bond donors (Lipinski definition) is 5. The van der Waals surface area contributed by atoms with Crippen LogP contribution in [-0.4, -0.2) is 49.1 Å². The van der Waals surface area contributed by atoms with Crippen molar-refractivity contribution >= 4 is 28.9 Å². The monoisotopic (exact) mass is 412 g/mol. The fourth-order valence-electron chi connectivity index (χ4n) is 3.10. The highest BCUT2D eigenvalue weighted by Crippen LogP contribution is 2.15. The third kappa shape index (κ3) is 4.90. The molecule has 0 fully saturated rings. The number of hydrogen-bond acceptors (Lipinski definition) is 5. The largest absolute Gasteiger partial charge is 0.481 e. The maximum absolute atomic E-state index is 12.3. The second kappa shape index (κ2) is 9.03. The number of benzene rings is 1. The van der Waals surface area contributed by atoms with E-state index in [1.54, 1.807) is 30.5 Å². The Bertz CT molecular complexity index is 1130. The van der Waals surface area contributed by atoms with Crippen molar-refractivity contribution in [2.45, 2.75) is 31.7 Å². The summed E-state index contributed by atoms with van der Waals surface area (Å²) in [6.07, 6.45) is 3.74. The van der Waals surface area contributed by atoms with E-state index < -0.39 is 23.9 Å². The van der Waals surface area contributed by atoms with Crippen LogP contribution in [-0.2, 0) is 22.4 Å². The van der Waals surface area contributed by atoms with Gasteiger partial charge in [0.25, 0.3) is 11.5 Å². The molecule has 5 N–H and O–H groups in total. The molecule has 1 amide bonds. The second-order valence-electron chi connectivity index (χ2n) is 6.76. The lowest BCUT2D eigenvalue weighted by Gasteiger charge is -2.13.